The first kappa shape index (κ1) is 22.9. The van der Waals surface area contributed by atoms with Crippen LogP contribution in [-0.4, -0.2) is 36.3 Å². The van der Waals surface area contributed by atoms with Gasteiger partial charge in [-0.3, -0.25) is 4.79 Å². The Balaban J connectivity index is 1.48. The van der Waals surface area contributed by atoms with Crippen LogP contribution >= 0.6 is 0 Å². The minimum absolute atomic E-state index is 0.0435. The summed E-state index contributed by atoms with van der Waals surface area (Å²) < 4.78 is 33.7. The van der Waals surface area contributed by atoms with E-state index in [1.807, 2.05) is 44.2 Å². The Morgan fingerprint density at radius 2 is 1.88 bits per heavy atom. The van der Waals surface area contributed by atoms with Crippen LogP contribution in [0.2, 0.25) is 0 Å². The molecule has 0 bridgehead atoms. The highest BCUT2D eigenvalue weighted by Crippen LogP contribution is 2.25. The van der Waals surface area contributed by atoms with Crippen molar-refractivity contribution in [2.24, 2.45) is 0 Å². The smallest absolute Gasteiger partial charge is 0.251 e. The zero-order chi connectivity index (χ0) is 23.4. The molecule has 0 radical (unpaired) electrons. The molecule has 3 aromatic rings. The largest absolute Gasteiger partial charge is 0.475 e. The van der Waals surface area contributed by atoms with Gasteiger partial charge in [-0.2, -0.15) is 4.31 Å². The van der Waals surface area contributed by atoms with E-state index in [2.05, 4.69) is 10.3 Å². The monoisotopic (exact) mass is 465 g/mol. The third-order valence-corrected chi connectivity index (χ3v) is 7.31. The predicted octanol–water partition coefficient (Wildman–Crippen LogP) is 3.55. The molecule has 172 valence electrons. The summed E-state index contributed by atoms with van der Waals surface area (Å²) in [6, 6.07) is 17.6. The van der Waals surface area contributed by atoms with Crippen LogP contribution in [0.25, 0.3) is 0 Å². The average molecular weight is 466 g/mol. The van der Waals surface area contributed by atoms with Gasteiger partial charge in [0.15, 0.2) is 0 Å². The lowest BCUT2D eigenvalue weighted by Gasteiger charge is -2.28. The van der Waals surface area contributed by atoms with E-state index in [1.165, 1.54) is 22.0 Å². The zero-order valence-corrected chi connectivity index (χ0v) is 19.5. The van der Waals surface area contributed by atoms with Crippen molar-refractivity contribution in [3.63, 3.8) is 0 Å². The molecular weight excluding hydrogens is 438 g/mol. The van der Waals surface area contributed by atoms with Gasteiger partial charge in [0.05, 0.1) is 11.0 Å². The van der Waals surface area contributed by atoms with Crippen LogP contribution < -0.4 is 10.1 Å². The molecule has 0 spiro atoms. The fourth-order valence-corrected chi connectivity index (χ4v) is 5.25. The summed E-state index contributed by atoms with van der Waals surface area (Å²) in [6.07, 6.45) is 2.26. The van der Waals surface area contributed by atoms with Crippen LogP contribution in [0.4, 0.5) is 0 Å². The number of pyridine rings is 1. The zero-order valence-electron chi connectivity index (χ0n) is 18.7. The number of fused-ring (bicyclic) bond motifs is 1. The minimum atomic E-state index is -3.72. The first-order valence-corrected chi connectivity index (χ1v) is 12.3. The van der Waals surface area contributed by atoms with Gasteiger partial charge in [-0.25, -0.2) is 13.4 Å². The van der Waals surface area contributed by atoms with Crippen LogP contribution in [0, 0.1) is 0 Å². The molecule has 0 atom stereocenters. The molecule has 0 fully saturated rings. The molecule has 2 heterocycles. The highest BCUT2D eigenvalue weighted by Gasteiger charge is 2.28. The van der Waals surface area contributed by atoms with Crippen molar-refractivity contribution in [3.05, 3.63) is 89.1 Å². The molecule has 2 aromatic carbocycles. The number of hydrogen-bond acceptors (Lipinski definition) is 5. The van der Waals surface area contributed by atoms with Crippen LogP contribution in [0.1, 0.15) is 40.9 Å². The van der Waals surface area contributed by atoms with E-state index in [0.29, 0.717) is 25.4 Å². The van der Waals surface area contributed by atoms with Gasteiger partial charge in [0.1, 0.15) is 0 Å². The lowest BCUT2D eigenvalue weighted by Crippen LogP contribution is -2.36. The van der Waals surface area contributed by atoms with Crippen molar-refractivity contribution in [1.82, 2.24) is 14.6 Å². The van der Waals surface area contributed by atoms with E-state index < -0.39 is 10.0 Å². The maximum Gasteiger partial charge on any atom is 0.251 e. The molecule has 0 aliphatic carbocycles. The normalized spacial score (nSPS) is 14.0. The number of nitrogens with one attached hydrogen (secondary N) is 1. The number of sulfonamides is 1. The number of hydrogen-bond donors (Lipinski definition) is 1. The second-order valence-electron chi connectivity index (χ2n) is 8.20. The van der Waals surface area contributed by atoms with Crippen LogP contribution in [0.5, 0.6) is 5.88 Å². The molecule has 1 aromatic heterocycles. The summed E-state index contributed by atoms with van der Waals surface area (Å²) >= 11 is 0. The van der Waals surface area contributed by atoms with E-state index >= 15 is 0 Å². The van der Waals surface area contributed by atoms with Crippen molar-refractivity contribution in [3.8, 4) is 5.88 Å². The van der Waals surface area contributed by atoms with Crippen LogP contribution in [0.15, 0.2) is 71.8 Å². The highest BCUT2D eigenvalue weighted by molar-refractivity contribution is 7.89. The minimum Gasteiger partial charge on any atom is -0.475 e. The van der Waals surface area contributed by atoms with Gasteiger partial charge in [0.2, 0.25) is 15.9 Å². The Morgan fingerprint density at radius 1 is 1.09 bits per heavy atom. The number of benzene rings is 2. The lowest BCUT2D eigenvalue weighted by molar-refractivity contribution is 0.0950. The van der Waals surface area contributed by atoms with Gasteiger partial charge in [-0.05, 0) is 55.7 Å². The molecule has 8 heteroatoms. The van der Waals surface area contributed by atoms with Crippen molar-refractivity contribution >= 4 is 15.9 Å². The van der Waals surface area contributed by atoms with Gasteiger partial charge in [-0.1, -0.05) is 36.4 Å². The maximum atomic E-state index is 13.3. The van der Waals surface area contributed by atoms with Crippen molar-refractivity contribution < 1.29 is 17.9 Å². The topological polar surface area (TPSA) is 88.6 Å². The van der Waals surface area contributed by atoms with Gasteiger partial charge in [0, 0.05) is 37.0 Å². The molecule has 0 saturated heterocycles. The number of nitrogens with zero attached hydrogens (tertiary/aromatic N) is 2. The molecule has 1 N–H and O–H groups in total. The van der Waals surface area contributed by atoms with Gasteiger partial charge in [-0.15, -0.1) is 0 Å². The summed E-state index contributed by atoms with van der Waals surface area (Å²) in [7, 11) is -3.72. The fourth-order valence-electron chi connectivity index (χ4n) is 3.79. The molecule has 1 amide bonds. The van der Waals surface area contributed by atoms with E-state index in [-0.39, 0.29) is 29.0 Å². The summed E-state index contributed by atoms with van der Waals surface area (Å²) in [5.74, 6) is 0.102. The van der Waals surface area contributed by atoms with Gasteiger partial charge >= 0.3 is 0 Å². The molecule has 4 rings (SSSR count). The van der Waals surface area contributed by atoms with Gasteiger partial charge in [0.25, 0.3) is 5.91 Å². The summed E-state index contributed by atoms with van der Waals surface area (Å²) in [5, 5.41) is 2.83. The predicted molar refractivity (Wildman–Crippen MR) is 125 cm³/mol. The number of amides is 1. The van der Waals surface area contributed by atoms with Crippen molar-refractivity contribution in [1.29, 1.82) is 0 Å². The lowest BCUT2D eigenvalue weighted by atomic mass is 10.0. The van der Waals surface area contributed by atoms with Crippen LogP contribution in [0.3, 0.4) is 0 Å². The van der Waals surface area contributed by atoms with Crippen LogP contribution in [-0.2, 0) is 29.5 Å². The molecule has 1 aliphatic rings. The fraction of sp³-hybridized carbons (Fsp3) is 0.280. The number of ether oxygens (including phenoxy) is 1. The molecular formula is C25H27N3O4S. The molecule has 1 aliphatic heterocycles. The Kier molecular flexibility index (Phi) is 6.76. The van der Waals surface area contributed by atoms with E-state index in [0.717, 1.165) is 11.1 Å². The summed E-state index contributed by atoms with van der Waals surface area (Å²) in [6.45, 7) is 4.77. The molecule has 0 saturated carbocycles. The standard InChI is InChI=1S/C25H27N3O4S/c1-18(2)32-25-21(10-6-13-26-25)16-27-24(29)20-9-5-11-23(15-20)33(30,31)28-14-12-19-7-3-4-8-22(19)17-28/h3-11,13,15,18H,12,14,16-17H2,1-2H3,(H,27,29). The third kappa shape index (κ3) is 5.23. The number of carbonyl (C=O) groups excluding carboxylic acids is 1. The van der Waals surface area contributed by atoms with Crippen molar-refractivity contribution in [2.75, 3.05) is 6.54 Å². The molecule has 7 nitrogen and oxygen atoms in total. The Bertz CT molecular complexity index is 1260. The van der Waals surface area contributed by atoms with E-state index in [4.69, 9.17) is 4.74 Å². The second kappa shape index (κ2) is 9.72. The third-order valence-electron chi connectivity index (χ3n) is 5.47. The van der Waals surface area contributed by atoms with Crippen molar-refractivity contribution in [2.45, 2.75) is 44.4 Å². The highest BCUT2D eigenvalue weighted by atomic mass is 32.2. The average Bonchev–Trinajstić information content (AvgIpc) is 2.82. The maximum absolute atomic E-state index is 13.3. The molecule has 0 unspecified atom stereocenters. The number of carbonyl (C=O) groups is 1. The van der Waals surface area contributed by atoms with Gasteiger partial charge < -0.3 is 10.1 Å². The van der Waals surface area contributed by atoms with E-state index in [9.17, 15) is 13.2 Å². The SMILES string of the molecule is CC(C)Oc1ncccc1CNC(=O)c1cccc(S(=O)(=O)N2CCc3ccccc3C2)c1. The van der Waals surface area contributed by atoms with E-state index in [1.54, 1.807) is 24.4 Å². The Morgan fingerprint density at radius 3 is 2.67 bits per heavy atom. The Labute approximate surface area is 194 Å². The number of aromatic nitrogens is 1. The first-order chi connectivity index (χ1) is 15.8. The molecule has 33 heavy (non-hydrogen) atoms. The first-order valence-electron chi connectivity index (χ1n) is 10.9. The Hall–Kier alpha value is -3.23. The second-order valence-corrected chi connectivity index (χ2v) is 10.1. The summed E-state index contributed by atoms with van der Waals surface area (Å²) in [4.78, 5) is 17.1. The quantitative estimate of drug-likeness (QED) is 0.577. The number of rotatable bonds is 7. The summed E-state index contributed by atoms with van der Waals surface area (Å²) in [5.41, 5.74) is 3.21.